The highest BCUT2D eigenvalue weighted by Crippen LogP contribution is 2.22. The fraction of sp³-hybridized carbons (Fsp3) is 0.667. The number of ether oxygens (including phenoxy) is 2. The molecular weight excluding hydrogens is 359 g/mol. The summed E-state index contributed by atoms with van der Waals surface area (Å²) in [5.74, 6) is 0.641. The van der Waals surface area contributed by atoms with Gasteiger partial charge in [-0.15, -0.1) is 0 Å². The molecule has 2 heterocycles. The van der Waals surface area contributed by atoms with Gasteiger partial charge in [0.05, 0.1) is 18.4 Å². The predicted octanol–water partition coefficient (Wildman–Crippen LogP) is 2.63. The van der Waals surface area contributed by atoms with E-state index in [2.05, 4.69) is 15.2 Å². The lowest BCUT2D eigenvalue weighted by molar-refractivity contribution is -0.0817. The van der Waals surface area contributed by atoms with E-state index in [9.17, 15) is 4.39 Å². The van der Waals surface area contributed by atoms with Gasteiger partial charge in [0, 0.05) is 46.4 Å². The summed E-state index contributed by atoms with van der Waals surface area (Å²) in [5.41, 5.74) is 1.56. The van der Waals surface area contributed by atoms with Gasteiger partial charge in [-0.1, -0.05) is 6.07 Å². The lowest BCUT2D eigenvalue weighted by Crippen LogP contribution is -2.53. The highest BCUT2D eigenvalue weighted by atomic mass is 19.1. The lowest BCUT2D eigenvalue weighted by atomic mass is 10.1. The molecule has 2 fully saturated rings. The Balaban J connectivity index is 1.58. The van der Waals surface area contributed by atoms with Gasteiger partial charge in [-0.2, -0.15) is 0 Å². The number of guanidine groups is 1. The number of halogens is 1. The van der Waals surface area contributed by atoms with Crippen molar-refractivity contribution in [2.45, 2.75) is 45.4 Å². The van der Waals surface area contributed by atoms with Crippen molar-refractivity contribution in [1.29, 1.82) is 0 Å². The van der Waals surface area contributed by atoms with Crippen LogP contribution < -0.4 is 10.2 Å². The Morgan fingerprint density at radius 3 is 2.68 bits per heavy atom. The summed E-state index contributed by atoms with van der Waals surface area (Å²) in [6, 6.07) is 5.46. The summed E-state index contributed by atoms with van der Waals surface area (Å²) >= 11 is 0. The van der Waals surface area contributed by atoms with Gasteiger partial charge in [0.25, 0.3) is 0 Å². The van der Waals surface area contributed by atoms with E-state index in [0.29, 0.717) is 18.8 Å². The minimum absolute atomic E-state index is 0.0839. The lowest BCUT2D eigenvalue weighted by Gasteiger charge is -2.37. The van der Waals surface area contributed by atoms with Crippen molar-refractivity contribution in [3.8, 4) is 0 Å². The number of nitrogens with zero attached hydrogens (tertiary/aromatic N) is 3. The first-order chi connectivity index (χ1) is 13.7. The van der Waals surface area contributed by atoms with Crippen molar-refractivity contribution in [1.82, 2.24) is 10.2 Å². The van der Waals surface area contributed by atoms with Gasteiger partial charge >= 0.3 is 0 Å². The summed E-state index contributed by atoms with van der Waals surface area (Å²) in [7, 11) is 1.78. The molecule has 0 radical (unpaired) electrons. The van der Waals surface area contributed by atoms with Gasteiger partial charge in [-0.05, 0) is 44.4 Å². The fourth-order valence-corrected chi connectivity index (χ4v) is 3.98. The van der Waals surface area contributed by atoms with Crippen LogP contribution >= 0.6 is 0 Å². The van der Waals surface area contributed by atoms with Gasteiger partial charge in [0.2, 0.25) is 0 Å². The van der Waals surface area contributed by atoms with Crippen molar-refractivity contribution in [2.24, 2.45) is 4.99 Å². The second-order valence-electron chi connectivity index (χ2n) is 7.27. The minimum Gasteiger partial charge on any atom is -0.375 e. The molecule has 0 saturated carbocycles. The molecule has 0 aromatic heterocycles. The fourth-order valence-electron chi connectivity index (χ4n) is 3.98. The molecule has 2 aliphatic rings. The molecular formula is C21H33FN4O2. The van der Waals surface area contributed by atoms with Crippen LogP contribution in [0, 0.1) is 5.82 Å². The maximum Gasteiger partial charge on any atom is 0.194 e. The third kappa shape index (κ3) is 4.94. The standard InChI is InChI=1S/C21H33FN4O2/c1-4-25(5-2)18-9-8-16(13-17(18)22)14-24-21(23-3)26-10-12-28-20(15-26)19-7-6-11-27-19/h8-9,13,19-20H,4-7,10-12,14-15H2,1-3H3,(H,23,24). The topological polar surface area (TPSA) is 49.3 Å². The Labute approximate surface area is 167 Å². The zero-order valence-electron chi connectivity index (χ0n) is 17.3. The molecule has 2 saturated heterocycles. The Morgan fingerprint density at radius 1 is 1.25 bits per heavy atom. The summed E-state index contributed by atoms with van der Waals surface area (Å²) in [4.78, 5) is 8.64. The van der Waals surface area contributed by atoms with Crippen LogP contribution in [-0.2, 0) is 16.0 Å². The van der Waals surface area contributed by atoms with Crippen LogP contribution in [0.1, 0.15) is 32.3 Å². The molecule has 6 nitrogen and oxygen atoms in total. The molecule has 28 heavy (non-hydrogen) atoms. The maximum atomic E-state index is 14.5. The Morgan fingerprint density at radius 2 is 2.04 bits per heavy atom. The normalized spacial score (nSPS) is 23.1. The van der Waals surface area contributed by atoms with Gasteiger partial charge < -0.3 is 24.6 Å². The number of benzene rings is 1. The van der Waals surface area contributed by atoms with E-state index in [4.69, 9.17) is 9.47 Å². The number of hydrogen-bond donors (Lipinski definition) is 1. The average Bonchev–Trinajstić information content (AvgIpc) is 3.26. The molecule has 0 aliphatic carbocycles. The van der Waals surface area contributed by atoms with E-state index < -0.39 is 0 Å². The van der Waals surface area contributed by atoms with Crippen LogP contribution in [0.3, 0.4) is 0 Å². The predicted molar refractivity (Wildman–Crippen MR) is 110 cm³/mol. The molecule has 3 rings (SSSR count). The highest BCUT2D eigenvalue weighted by molar-refractivity contribution is 5.80. The largest absolute Gasteiger partial charge is 0.375 e. The van der Waals surface area contributed by atoms with E-state index in [1.54, 1.807) is 13.1 Å². The molecule has 1 N–H and O–H groups in total. The average molecular weight is 393 g/mol. The second kappa shape index (κ2) is 10.1. The van der Waals surface area contributed by atoms with Gasteiger partial charge in [0.15, 0.2) is 5.96 Å². The Bertz CT molecular complexity index is 660. The number of morpholine rings is 1. The van der Waals surface area contributed by atoms with E-state index in [0.717, 1.165) is 57.2 Å². The molecule has 2 aliphatic heterocycles. The molecule has 2 atom stereocenters. The Kier molecular flexibility index (Phi) is 7.50. The van der Waals surface area contributed by atoms with Crippen molar-refractivity contribution in [3.05, 3.63) is 29.6 Å². The molecule has 2 unspecified atom stereocenters. The van der Waals surface area contributed by atoms with E-state index in [1.807, 2.05) is 30.9 Å². The number of nitrogens with one attached hydrogen (secondary N) is 1. The molecule has 7 heteroatoms. The van der Waals surface area contributed by atoms with Crippen LogP contribution in [0.25, 0.3) is 0 Å². The summed E-state index contributed by atoms with van der Waals surface area (Å²) in [6.07, 6.45) is 2.43. The number of anilines is 1. The van der Waals surface area contributed by atoms with Crippen molar-refractivity contribution >= 4 is 11.6 Å². The van der Waals surface area contributed by atoms with Crippen LogP contribution in [-0.4, -0.2) is 69.5 Å². The van der Waals surface area contributed by atoms with Crippen molar-refractivity contribution in [2.75, 3.05) is 51.3 Å². The summed E-state index contributed by atoms with van der Waals surface area (Å²) in [6.45, 7) is 9.23. The quantitative estimate of drug-likeness (QED) is 0.596. The van der Waals surface area contributed by atoms with Gasteiger partial charge in [0.1, 0.15) is 11.9 Å². The van der Waals surface area contributed by atoms with Crippen LogP contribution in [0.5, 0.6) is 0 Å². The zero-order chi connectivity index (χ0) is 19.9. The molecule has 156 valence electrons. The second-order valence-corrected chi connectivity index (χ2v) is 7.27. The maximum absolute atomic E-state index is 14.5. The first kappa shape index (κ1) is 20.9. The van der Waals surface area contributed by atoms with Crippen LogP contribution in [0.15, 0.2) is 23.2 Å². The molecule has 0 amide bonds. The summed E-state index contributed by atoms with van der Waals surface area (Å²) in [5, 5.41) is 3.37. The molecule has 0 spiro atoms. The van der Waals surface area contributed by atoms with Gasteiger partial charge in [-0.3, -0.25) is 4.99 Å². The van der Waals surface area contributed by atoms with E-state index >= 15 is 0 Å². The minimum atomic E-state index is -0.178. The first-order valence-electron chi connectivity index (χ1n) is 10.4. The van der Waals surface area contributed by atoms with Crippen molar-refractivity contribution in [3.63, 3.8) is 0 Å². The number of rotatable bonds is 6. The van der Waals surface area contributed by atoms with Crippen molar-refractivity contribution < 1.29 is 13.9 Å². The van der Waals surface area contributed by atoms with E-state index in [1.165, 1.54) is 0 Å². The van der Waals surface area contributed by atoms with Crippen LogP contribution in [0.2, 0.25) is 0 Å². The Hall–Kier alpha value is -1.86. The molecule has 1 aromatic carbocycles. The third-order valence-corrected chi connectivity index (χ3v) is 5.55. The first-order valence-corrected chi connectivity index (χ1v) is 10.4. The highest BCUT2D eigenvalue weighted by Gasteiger charge is 2.32. The zero-order valence-corrected chi connectivity index (χ0v) is 17.3. The number of aliphatic imine (C=N–C) groups is 1. The van der Waals surface area contributed by atoms with Crippen LogP contribution in [0.4, 0.5) is 10.1 Å². The van der Waals surface area contributed by atoms with Gasteiger partial charge in [-0.25, -0.2) is 4.39 Å². The van der Waals surface area contributed by atoms with E-state index in [-0.39, 0.29) is 18.0 Å². The molecule has 1 aromatic rings. The monoisotopic (exact) mass is 392 g/mol. The SMILES string of the molecule is CCN(CC)c1ccc(CNC(=NC)N2CCOC(C3CCCO3)C2)cc1F. The number of hydrogen-bond acceptors (Lipinski definition) is 4. The molecule has 0 bridgehead atoms. The smallest absolute Gasteiger partial charge is 0.194 e. The summed E-state index contributed by atoms with van der Waals surface area (Å²) < 4.78 is 26.2. The third-order valence-electron chi connectivity index (χ3n) is 5.55.